The average molecular weight is 475 g/mol. The molecule has 0 radical (unpaired) electrons. The van der Waals surface area contributed by atoms with Gasteiger partial charge >= 0.3 is 5.97 Å². The van der Waals surface area contributed by atoms with Crippen molar-refractivity contribution >= 4 is 29.5 Å². The lowest BCUT2D eigenvalue weighted by atomic mass is 9.71. The van der Waals surface area contributed by atoms with E-state index in [0.717, 1.165) is 24.8 Å². The van der Waals surface area contributed by atoms with Gasteiger partial charge in [-0.05, 0) is 38.7 Å². The third-order valence-electron chi connectivity index (χ3n) is 7.35. The number of nitrogens with one attached hydrogen (secondary N) is 1. The Hall–Kier alpha value is -2.06. The molecule has 3 fully saturated rings. The van der Waals surface area contributed by atoms with E-state index in [1.165, 1.54) is 0 Å². The first-order valence-electron chi connectivity index (χ1n) is 12.0. The first-order valence-corrected chi connectivity index (χ1v) is 12.9. The minimum Gasteiger partial charge on any atom is -0.466 e. The summed E-state index contributed by atoms with van der Waals surface area (Å²) in [5, 5.41) is 13.5. The van der Waals surface area contributed by atoms with Crippen LogP contribution in [-0.2, 0) is 19.1 Å². The molecule has 33 heavy (non-hydrogen) atoms. The Kier molecular flexibility index (Phi) is 7.05. The number of nitrogens with zero attached hydrogens (tertiary/aromatic N) is 1. The summed E-state index contributed by atoms with van der Waals surface area (Å²) in [4.78, 5) is 42.3. The highest BCUT2D eigenvalue weighted by Crippen LogP contribution is 2.67. The van der Waals surface area contributed by atoms with Crippen molar-refractivity contribution in [1.29, 1.82) is 0 Å². The number of esters is 1. The second kappa shape index (κ2) is 9.66. The van der Waals surface area contributed by atoms with Crippen LogP contribution >= 0.6 is 11.8 Å². The molecule has 4 rings (SSSR count). The van der Waals surface area contributed by atoms with Gasteiger partial charge in [-0.15, -0.1) is 11.8 Å². The minimum absolute atomic E-state index is 0.0205. The average Bonchev–Trinajstić information content (AvgIpc) is 3.43. The van der Waals surface area contributed by atoms with Crippen LogP contribution in [0.25, 0.3) is 0 Å². The SMILES string of the molecule is CCCC(C)NC(=O)C1N([C@H](CO)c2ccccc2)C(=O)[C@@H]2[C@H](C(=O)OCC)[C@@H]3CCC12S3. The molecule has 2 amide bonds. The van der Waals surface area contributed by atoms with Crippen molar-refractivity contribution in [2.24, 2.45) is 11.8 Å². The number of thioether (sulfide) groups is 1. The van der Waals surface area contributed by atoms with Gasteiger partial charge in [-0.2, -0.15) is 0 Å². The van der Waals surface area contributed by atoms with E-state index in [1.807, 2.05) is 37.3 Å². The molecule has 2 bridgehead atoms. The molecule has 3 unspecified atom stereocenters. The predicted octanol–water partition coefficient (Wildman–Crippen LogP) is 2.68. The summed E-state index contributed by atoms with van der Waals surface area (Å²) in [6.45, 7) is 5.76. The largest absolute Gasteiger partial charge is 0.466 e. The smallest absolute Gasteiger partial charge is 0.310 e. The highest BCUT2D eigenvalue weighted by Gasteiger charge is 2.74. The molecule has 1 spiro atoms. The van der Waals surface area contributed by atoms with Crippen LogP contribution in [-0.4, -0.2) is 63.1 Å². The van der Waals surface area contributed by atoms with E-state index in [9.17, 15) is 19.5 Å². The standard InChI is InChI=1S/C25H34N2O5S/c1-4-9-15(3)26-22(29)21-25-13-12-18(33-25)19(24(31)32-5-2)20(25)23(30)27(21)17(14-28)16-10-7-6-8-11-16/h6-8,10-11,15,17-21,28H,4-5,9,12-14H2,1-3H3,(H,26,29)/t15?,17-,18+,19-,20+,21?,25?/m1/s1. The molecule has 2 N–H and O–H groups in total. The zero-order valence-corrected chi connectivity index (χ0v) is 20.3. The summed E-state index contributed by atoms with van der Waals surface area (Å²) < 4.78 is 4.67. The van der Waals surface area contributed by atoms with Crippen LogP contribution in [0.4, 0.5) is 0 Å². The minimum atomic E-state index is -0.749. The van der Waals surface area contributed by atoms with Crippen LogP contribution in [0.1, 0.15) is 58.1 Å². The Balaban J connectivity index is 1.77. The fourth-order valence-electron chi connectivity index (χ4n) is 6.09. The Labute approximate surface area is 199 Å². The van der Waals surface area contributed by atoms with Gasteiger partial charge in [0.05, 0.1) is 35.8 Å². The molecule has 0 aliphatic carbocycles. The van der Waals surface area contributed by atoms with Gasteiger partial charge in [0.15, 0.2) is 0 Å². The van der Waals surface area contributed by atoms with Gasteiger partial charge < -0.3 is 20.1 Å². The molecule has 7 atom stereocenters. The van der Waals surface area contributed by atoms with Gasteiger partial charge in [0.1, 0.15) is 6.04 Å². The summed E-state index contributed by atoms with van der Waals surface area (Å²) in [6, 6.07) is 7.89. The molecule has 8 heteroatoms. The predicted molar refractivity (Wildman–Crippen MR) is 126 cm³/mol. The van der Waals surface area contributed by atoms with Gasteiger partial charge in [-0.3, -0.25) is 14.4 Å². The normalized spacial score (nSPS) is 31.9. The summed E-state index contributed by atoms with van der Waals surface area (Å²) in [5.74, 6) is -1.95. The van der Waals surface area contributed by atoms with Crippen molar-refractivity contribution in [3.63, 3.8) is 0 Å². The molecule has 1 aromatic carbocycles. The van der Waals surface area contributed by atoms with Crippen molar-refractivity contribution < 1.29 is 24.2 Å². The number of hydrogen-bond donors (Lipinski definition) is 2. The maximum atomic E-state index is 14.0. The van der Waals surface area contributed by atoms with E-state index >= 15 is 0 Å². The highest BCUT2D eigenvalue weighted by molar-refractivity contribution is 8.02. The fraction of sp³-hybridized carbons (Fsp3) is 0.640. The molecule has 0 aromatic heterocycles. The van der Waals surface area contributed by atoms with Gasteiger partial charge in [0, 0.05) is 11.3 Å². The van der Waals surface area contributed by atoms with Crippen LogP contribution in [0.15, 0.2) is 30.3 Å². The maximum Gasteiger partial charge on any atom is 0.310 e. The number of fused-ring (bicyclic) bond motifs is 1. The number of likely N-dealkylation sites (tertiary alicyclic amines) is 1. The summed E-state index contributed by atoms with van der Waals surface area (Å²) in [6.07, 6.45) is 3.24. The molecule has 180 valence electrons. The number of rotatable bonds is 9. The zero-order chi connectivity index (χ0) is 23.8. The van der Waals surface area contributed by atoms with Gasteiger partial charge in [0.25, 0.3) is 0 Å². The zero-order valence-electron chi connectivity index (χ0n) is 19.5. The Morgan fingerprint density at radius 1 is 1.30 bits per heavy atom. The number of ether oxygens (including phenoxy) is 1. The molecular formula is C25H34N2O5S. The lowest BCUT2D eigenvalue weighted by molar-refractivity contribution is -0.154. The fourth-order valence-corrected chi connectivity index (χ4v) is 8.28. The molecule has 3 aliphatic rings. The van der Waals surface area contributed by atoms with Crippen molar-refractivity contribution in [3.8, 4) is 0 Å². The number of benzene rings is 1. The van der Waals surface area contributed by atoms with Gasteiger partial charge in [0.2, 0.25) is 11.8 Å². The Morgan fingerprint density at radius 2 is 2.03 bits per heavy atom. The molecule has 7 nitrogen and oxygen atoms in total. The van der Waals surface area contributed by atoms with Crippen molar-refractivity contribution in [2.75, 3.05) is 13.2 Å². The van der Waals surface area contributed by atoms with Crippen molar-refractivity contribution in [1.82, 2.24) is 10.2 Å². The number of aliphatic hydroxyl groups excluding tert-OH is 1. The van der Waals surface area contributed by atoms with E-state index < -0.39 is 28.7 Å². The van der Waals surface area contributed by atoms with Crippen LogP contribution < -0.4 is 5.32 Å². The van der Waals surface area contributed by atoms with E-state index in [1.54, 1.807) is 23.6 Å². The molecule has 0 saturated carbocycles. The summed E-state index contributed by atoms with van der Waals surface area (Å²) in [7, 11) is 0. The molecule has 3 saturated heterocycles. The van der Waals surface area contributed by atoms with Crippen molar-refractivity contribution in [2.45, 2.75) is 74.6 Å². The van der Waals surface area contributed by atoms with E-state index in [0.29, 0.717) is 6.42 Å². The highest BCUT2D eigenvalue weighted by atomic mass is 32.2. The second-order valence-corrected chi connectivity index (χ2v) is 11.0. The van der Waals surface area contributed by atoms with Gasteiger partial charge in [-0.25, -0.2) is 0 Å². The molecule has 3 heterocycles. The lowest BCUT2D eigenvalue weighted by Gasteiger charge is -2.37. The van der Waals surface area contributed by atoms with Gasteiger partial charge in [-0.1, -0.05) is 43.7 Å². The first kappa shape index (κ1) is 24.1. The summed E-state index contributed by atoms with van der Waals surface area (Å²) >= 11 is 1.61. The number of carbonyl (C=O) groups excluding carboxylic acids is 3. The van der Waals surface area contributed by atoms with Crippen molar-refractivity contribution in [3.05, 3.63) is 35.9 Å². The maximum absolute atomic E-state index is 14.0. The number of aliphatic hydroxyl groups is 1. The molecule has 3 aliphatic heterocycles. The van der Waals surface area contributed by atoms with E-state index in [2.05, 4.69) is 12.2 Å². The van der Waals surface area contributed by atoms with E-state index in [-0.39, 0.29) is 42.3 Å². The van der Waals surface area contributed by atoms with Crippen LogP contribution in [0, 0.1) is 11.8 Å². The van der Waals surface area contributed by atoms with Crippen LogP contribution in [0.5, 0.6) is 0 Å². The lowest BCUT2D eigenvalue weighted by Crippen LogP contribution is -2.55. The topological polar surface area (TPSA) is 95.9 Å². The first-order chi connectivity index (χ1) is 15.9. The van der Waals surface area contributed by atoms with E-state index in [4.69, 9.17) is 4.74 Å². The number of hydrogen-bond acceptors (Lipinski definition) is 6. The number of amides is 2. The third-order valence-corrected chi connectivity index (χ3v) is 9.30. The Bertz CT molecular complexity index is 896. The summed E-state index contributed by atoms with van der Waals surface area (Å²) in [5.41, 5.74) is 0.774. The van der Waals surface area contributed by atoms with Crippen LogP contribution in [0.3, 0.4) is 0 Å². The molecule has 1 aromatic rings. The molecular weight excluding hydrogens is 440 g/mol. The number of carbonyl (C=O) groups is 3. The monoisotopic (exact) mass is 474 g/mol. The quantitative estimate of drug-likeness (QED) is 0.535. The Morgan fingerprint density at radius 3 is 2.67 bits per heavy atom. The third kappa shape index (κ3) is 3.95. The second-order valence-electron chi connectivity index (χ2n) is 9.36. The van der Waals surface area contributed by atoms with Crippen LogP contribution in [0.2, 0.25) is 0 Å².